The van der Waals surface area contributed by atoms with E-state index >= 15 is 0 Å². The molecule has 1 atom stereocenters. The van der Waals surface area contributed by atoms with Crippen molar-refractivity contribution in [3.05, 3.63) is 35.4 Å². The van der Waals surface area contributed by atoms with Gasteiger partial charge in [0.1, 0.15) is 0 Å². The van der Waals surface area contributed by atoms with E-state index in [1.165, 1.54) is 37.7 Å². The number of rotatable bonds is 6. The Labute approximate surface area is 120 Å². The van der Waals surface area contributed by atoms with Crippen LogP contribution in [-0.4, -0.2) is 16.2 Å². The number of carbonyl (C=O) groups is 1. The van der Waals surface area contributed by atoms with Gasteiger partial charge in [0.05, 0.1) is 6.10 Å². The SMILES string of the molecule is O=C(O)CCCC(O)c1ccc(C2CCCCC2)cc1. The summed E-state index contributed by atoms with van der Waals surface area (Å²) in [5, 5.41) is 18.6. The van der Waals surface area contributed by atoms with Crippen LogP contribution >= 0.6 is 0 Å². The highest BCUT2D eigenvalue weighted by atomic mass is 16.4. The fourth-order valence-corrected chi connectivity index (χ4v) is 3.04. The second-order valence-electron chi connectivity index (χ2n) is 5.80. The zero-order valence-electron chi connectivity index (χ0n) is 11.9. The van der Waals surface area contributed by atoms with Gasteiger partial charge in [0.2, 0.25) is 0 Å². The van der Waals surface area contributed by atoms with Crippen molar-refractivity contribution in [2.45, 2.75) is 63.4 Å². The van der Waals surface area contributed by atoms with Gasteiger partial charge < -0.3 is 10.2 Å². The highest BCUT2D eigenvalue weighted by molar-refractivity contribution is 5.66. The Balaban J connectivity index is 1.88. The molecule has 20 heavy (non-hydrogen) atoms. The Morgan fingerprint density at radius 2 is 1.80 bits per heavy atom. The Hall–Kier alpha value is -1.35. The molecule has 0 amide bonds. The highest BCUT2D eigenvalue weighted by Gasteiger charge is 2.16. The predicted molar refractivity (Wildman–Crippen MR) is 78.7 cm³/mol. The lowest BCUT2D eigenvalue weighted by molar-refractivity contribution is -0.137. The van der Waals surface area contributed by atoms with Crippen molar-refractivity contribution in [1.29, 1.82) is 0 Å². The maximum atomic E-state index is 10.5. The molecule has 1 saturated carbocycles. The first-order chi connectivity index (χ1) is 9.66. The van der Waals surface area contributed by atoms with Gasteiger partial charge in [0.15, 0.2) is 0 Å². The van der Waals surface area contributed by atoms with E-state index in [4.69, 9.17) is 5.11 Å². The molecule has 2 rings (SSSR count). The maximum absolute atomic E-state index is 10.5. The molecule has 1 aromatic carbocycles. The van der Waals surface area contributed by atoms with Gasteiger partial charge in [-0.1, -0.05) is 43.5 Å². The predicted octanol–water partition coefficient (Wildman–Crippen LogP) is 4.02. The fraction of sp³-hybridized carbons (Fsp3) is 0.588. The Kier molecular flexibility index (Phi) is 5.60. The molecule has 1 fully saturated rings. The van der Waals surface area contributed by atoms with Crippen molar-refractivity contribution in [3.63, 3.8) is 0 Å². The largest absolute Gasteiger partial charge is 0.481 e. The molecule has 3 nitrogen and oxygen atoms in total. The summed E-state index contributed by atoms with van der Waals surface area (Å²) in [6.45, 7) is 0. The molecule has 0 spiro atoms. The average Bonchev–Trinajstić information content (AvgIpc) is 2.48. The second kappa shape index (κ2) is 7.44. The first kappa shape index (κ1) is 15.0. The van der Waals surface area contributed by atoms with E-state index < -0.39 is 12.1 Å². The van der Waals surface area contributed by atoms with Crippen molar-refractivity contribution in [3.8, 4) is 0 Å². The van der Waals surface area contributed by atoms with E-state index in [9.17, 15) is 9.90 Å². The van der Waals surface area contributed by atoms with Crippen LogP contribution in [-0.2, 0) is 4.79 Å². The van der Waals surface area contributed by atoms with Gasteiger partial charge in [0, 0.05) is 6.42 Å². The molecule has 110 valence electrons. The average molecular weight is 276 g/mol. The lowest BCUT2D eigenvalue weighted by Gasteiger charge is -2.22. The maximum Gasteiger partial charge on any atom is 0.303 e. The van der Waals surface area contributed by atoms with Crippen LogP contribution in [0.3, 0.4) is 0 Å². The number of carboxylic acids is 1. The third-order valence-corrected chi connectivity index (χ3v) is 4.27. The minimum atomic E-state index is -0.801. The summed E-state index contributed by atoms with van der Waals surface area (Å²) in [5.41, 5.74) is 2.28. The van der Waals surface area contributed by atoms with Crippen LogP contribution in [0.25, 0.3) is 0 Å². The summed E-state index contributed by atoms with van der Waals surface area (Å²) in [6.07, 6.45) is 7.16. The molecular weight excluding hydrogens is 252 g/mol. The van der Waals surface area contributed by atoms with E-state index in [2.05, 4.69) is 12.1 Å². The third kappa shape index (κ3) is 4.34. The number of hydrogen-bond donors (Lipinski definition) is 2. The minimum Gasteiger partial charge on any atom is -0.481 e. The number of carboxylic acid groups (broad SMARTS) is 1. The van der Waals surface area contributed by atoms with Gasteiger partial charge in [-0.3, -0.25) is 4.79 Å². The molecule has 2 N–H and O–H groups in total. The smallest absolute Gasteiger partial charge is 0.303 e. The first-order valence-corrected chi connectivity index (χ1v) is 7.66. The van der Waals surface area contributed by atoms with Crippen molar-refractivity contribution in [2.75, 3.05) is 0 Å². The van der Waals surface area contributed by atoms with Crippen LogP contribution in [0.2, 0.25) is 0 Å². The third-order valence-electron chi connectivity index (χ3n) is 4.27. The van der Waals surface area contributed by atoms with Crippen LogP contribution in [0, 0.1) is 0 Å². The fourth-order valence-electron chi connectivity index (χ4n) is 3.04. The van der Waals surface area contributed by atoms with E-state index in [-0.39, 0.29) is 6.42 Å². The molecule has 0 radical (unpaired) electrons. The van der Waals surface area contributed by atoms with Gasteiger partial charge in [-0.2, -0.15) is 0 Å². The second-order valence-corrected chi connectivity index (χ2v) is 5.80. The van der Waals surface area contributed by atoms with Crippen molar-refractivity contribution < 1.29 is 15.0 Å². The molecule has 1 aromatic rings. The van der Waals surface area contributed by atoms with Gasteiger partial charge >= 0.3 is 5.97 Å². The molecular formula is C17H24O3. The zero-order chi connectivity index (χ0) is 14.4. The normalized spacial score (nSPS) is 17.9. The van der Waals surface area contributed by atoms with E-state index in [0.29, 0.717) is 18.8 Å². The summed E-state index contributed by atoms with van der Waals surface area (Å²) >= 11 is 0. The zero-order valence-corrected chi connectivity index (χ0v) is 11.9. The quantitative estimate of drug-likeness (QED) is 0.825. The van der Waals surface area contributed by atoms with Gasteiger partial charge in [0.25, 0.3) is 0 Å². The van der Waals surface area contributed by atoms with E-state index in [1.807, 2.05) is 12.1 Å². The summed E-state index contributed by atoms with van der Waals surface area (Å²) in [6, 6.07) is 8.25. The van der Waals surface area contributed by atoms with Crippen LogP contribution < -0.4 is 0 Å². The summed E-state index contributed by atoms with van der Waals surface area (Å²) in [4.78, 5) is 10.5. The molecule has 1 aliphatic rings. The number of aliphatic carboxylic acids is 1. The van der Waals surface area contributed by atoms with Crippen LogP contribution in [0.15, 0.2) is 24.3 Å². The van der Waals surface area contributed by atoms with Crippen molar-refractivity contribution >= 4 is 5.97 Å². The topological polar surface area (TPSA) is 57.5 Å². The van der Waals surface area contributed by atoms with Crippen molar-refractivity contribution in [2.24, 2.45) is 0 Å². The van der Waals surface area contributed by atoms with Gasteiger partial charge in [-0.05, 0) is 42.7 Å². The van der Waals surface area contributed by atoms with Crippen molar-refractivity contribution in [1.82, 2.24) is 0 Å². The lowest BCUT2D eigenvalue weighted by atomic mass is 9.83. The Bertz CT molecular complexity index is 418. The van der Waals surface area contributed by atoms with Crippen LogP contribution in [0.1, 0.15) is 74.5 Å². The molecule has 1 aliphatic carbocycles. The number of aliphatic hydroxyl groups excluding tert-OH is 1. The summed E-state index contributed by atoms with van der Waals surface area (Å²) in [7, 11) is 0. The molecule has 3 heteroatoms. The van der Waals surface area contributed by atoms with Crippen LogP contribution in [0.5, 0.6) is 0 Å². The molecule has 0 aliphatic heterocycles. The molecule has 1 unspecified atom stereocenters. The summed E-state index contributed by atoms with van der Waals surface area (Å²) < 4.78 is 0. The highest BCUT2D eigenvalue weighted by Crippen LogP contribution is 2.33. The van der Waals surface area contributed by atoms with E-state index in [0.717, 1.165) is 5.56 Å². The van der Waals surface area contributed by atoms with Gasteiger partial charge in [-0.15, -0.1) is 0 Å². The molecule has 0 bridgehead atoms. The van der Waals surface area contributed by atoms with Crippen LogP contribution in [0.4, 0.5) is 0 Å². The molecule has 0 saturated heterocycles. The Morgan fingerprint density at radius 1 is 1.15 bits per heavy atom. The Morgan fingerprint density at radius 3 is 2.40 bits per heavy atom. The number of aliphatic hydroxyl groups is 1. The summed E-state index contributed by atoms with van der Waals surface area (Å²) in [5.74, 6) is -0.119. The standard InChI is InChI=1S/C17H24O3/c18-16(7-4-8-17(19)20)15-11-9-14(10-12-15)13-5-2-1-3-6-13/h9-13,16,18H,1-8H2,(H,19,20). The number of hydrogen-bond acceptors (Lipinski definition) is 2. The monoisotopic (exact) mass is 276 g/mol. The lowest BCUT2D eigenvalue weighted by Crippen LogP contribution is -2.05. The molecule has 0 heterocycles. The first-order valence-electron chi connectivity index (χ1n) is 7.66. The minimum absolute atomic E-state index is 0.122. The van der Waals surface area contributed by atoms with Gasteiger partial charge in [-0.25, -0.2) is 0 Å². The number of benzene rings is 1. The molecule has 0 aromatic heterocycles. The van der Waals surface area contributed by atoms with E-state index in [1.54, 1.807) is 0 Å².